The van der Waals surface area contributed by atoms with Gasteiger partial charge in [-0.1, -0.05) is 42.5 Å². The van der Waals surface area contributed by atoms with E-state index < -0.39 is 22.0 Å². The zero-order valence-corrected chi connectivity index (χ0v) is 19.4. The maximum Gasteiger partial charge on any atom is 0.354 e. The van der Waals surface area contributed by atoms with Crippen molar-refractivity contribution in [1.29, 1.82) is 5.41 Å². The first-order valence-corrected chi connectivity index (χ1v) is 12.3. The van der Waals surface area contributed by atoms with Crippen LogP contribution >= 0.6 is 0 Å². The third-order valence-electron chi connectivity index (χ3n) is 5.25. The Kier molecular flexibility index (Phi) is 6.35. The lowest BCUT2D eigenvalue weighted by atomic mass is 9.92. The Morgan fingerprint density at radius 3 is 2.06 bits per heavy atom. The van der Waals surface area contributed by atoms with Crippen LogP contribution in [0.5, 0.6) is 0 Å². The molecule has 1 amide bonds. The highest BCUT2D eigenvalue weighted by atomic mass is 32.2. The number of fused-ring (bicyclic) bond motifs is 1. The number of carbonyl (C=O) groups is 2. The maximum absolute atomic E-state index is 13.4. The van der Waals surface area contributed by atoms with Gasteiger partial charge in [0.1, 0.15) is 5.84 Å². The first-order chi connectivity index (χ1) is 16.6. The van der Waals surface area contributed by atoms with Gasteiger partial charge in [-0.15, -0.1) is 0 Å². The SMILES string of the molecule is CS(=O)(=O)OC(=O)c1ccccc1-c1cc2ccccc2cc1C(=O)Nc1ccc(C(=N)N)cc1. The molecule has 0 aliphatic heterocycles. The molecule has 0 fully saturated rings. The van der Waals surface area contributed by atoms with E-state index in [2.05, 4.69) is 9.50 Å². The number of nitrogens with two attached hydrogens (primary N) is 1. The van der Waals surface area contributed by atoms with E-state index in [9.17, 15) is 18.0 Å². The third-order valence-corrected chi connectivity index (χ3v) is 5.70. The number of nitrogen functional groups attached to an aromatic ring is 1. The Labute approximate surface area is 202 Å². The molecule has 4 rings (SSSR count). The molecule has 0 aliphatic rings. The highest BCUT2D eigenvalue weighted by Gasteiger charge is 2.22. The van der Waals surface area contributed by atoms with Crippen molar-refractivity contribution < 1.29 is 22.2 Å². The molecular formula is C26H21N3O5S. The molecule has 0 spiro atoms. The molecular weight excluding hydrogens is 466 g/mol. The molecule has 0 saturated heterocycles. The van der Waals surface area contributed by atoms with Crippen LogP contribution < -0.4 is 11.1 Å². The van der Waals surface area contributed by atoms with E-state index in [4.69, 9.17) is 11.1 Å². The van der Waals surface area contributed by atoms with Crippen molar-refractivity contribution in [2.45, 2.75) is 0 Å². The first-order valence-electron chi connectivity index (χ1n) is 10.4. The van der Waals surface area contributed by atoms with Gasteiger partial charge in [-0.25, -0.2) is 4.79 Å². The van der Waals surface area contributed by atoms with Crippen LogP contribution in [-0.2, 0) is 14.3 Å². The number of anilines is 1. The number of nitrogens with one attached hydrogen (secondary N) is 2. The maximum atomic E-state index is 13.4. The summed E-state index contributed by atoms with van der Waals surface area (Å²) in [4.78, 5) is 26.0. The summed E-state index contributed by atoms with van der Waals surface area (Å²) in [6.45, 7) is 0. The van der Waals surface area contributed by atoms with Crippen LogP contribution in [0.25, 0.3) is 21.9 Å². The van der Waals surface area contributed by atoms with Gasteiger partial charge < -0.3 is 15.2 Å². The lowest BCUT2D eigenvalue weighted by molar-refractivity contribution is 0.0748. The van der Waals surface area contributed by atoms with Gasteiger partial charge in [-0.2, -0.15) is 8.42 Å². The lowest BCUT2D eigenvalue weighted by Crippen LogP contribution is -2.16. The topological polar surface area (TPSA) is 139 Å². The summed E-state index contributed by atoms with van der Waals surface area (Å²) >= 11 is 0. The molecule has 0 aliphatic carbocycles. The third kappa shape index (κ3) is 5.36. The average molecular weight is 488 g/mol. The van der Waals surface area contributed by atoms with E-state index in [0.29, 0.717) is 22.4 Å². The standard InChI is InChI=1S/C26H21N3O5S/c1-35(32,33)34-26(31)21-9-5-4-8-20(21)22-14-17-6-2-3-7-18(17)15-23(22)25(30)29-19-12-10-16(11-13-19)24(27)28/h2-15H,1H3,(H3,27,28)(H,29,30). The zero-order chi connectivity index (χ0) is 25.2. The van der Waals surface area contributed by atoms with Crippen molar-refractivity contribution in [2.24, 2.45) is 5.73 Å². The van der Waals surface area contributed by atoms with Crippen LogP contribution in [0.15, 0.2) is 84.9 Å². The van der Waals surface area contributed by atoms with E-state index in [0.717, 1.165) is 17.0 Å². The molecule has 0 heterocycles. The normalized spacial score (nSPS) is 11.1. The van der Waals surface area contributed by atoms with Crippen LogP contribution in [0.1, 0.15) is 26.3 Å². The molecule has 4 aromatic rings. The summed E-state index contributed by atoms with van der Waals surface area (Å²) in [6.07, 6.45) is 0.791. The summed E-state index contributed by atoms with van der Waals surface area (Å²) in [5.74, 6) is -1.56. The van der Waals surface area contributed by atoms with E-state index in [-0.39, 0.29) is 17.0 Å². The summed E-state index contributed by atoms with van der Waals surface area (Å²) in [7, 11) is -4.03. The minimum Gasteiger partial charge on any atom is -0.384 e. The zero-order valence-electron chi connectivity index (χ0n) is 18.6. The van der Waals surface area contributed by atoms with Gasteiger partial charge in [-0.05, 0) is 64.4 Å². The van der Waals surface area contributed by atoms with Gasteiger partial charge in [-0.3, -0.25) is 10.2 Å². The predicted molar refractivity (Wildman–Crippen MR) is 135 cm³/mol. The quantitative estimate of drug-likeness (QED) is 0.212. The fourth-order valence-electron chi connectivity index (χ4n) is 3.66. The largest absolute Gasteiger partial charge is 0.384 e. The summed E-state index contributed by atoms with van der Waals surface area (Å²) < 4.78 is 27.7. The second-order valence-corrected chi connectivity index (χ2v) is 9.39. The van der Waals surface area contributed by atoms with E-state index in [1.54, 1.807) is 54.6 Å². The van der Waals surface area contributed by atoms with Crippen LogP contribution in [0.3, 0.4) is 0 Å². The molecule has 0 atom stereocenters. The van der Waals surface area contributed by atoms with Crippen LogP contribution in [0, 0.1) is 5.41 Å². The van der Waals surface area contributed by atoms with Crippen LogP contribution in [0.4, 0.5) is 5.69 Å². The van der Waals surface area contributed by atoms with Gasteiger partial charge in [0.15, 0.2) is 0 Å². The van der Waals surface area contributed by atoms with Crippen molar-refractivity contribution in [1.82, 2.24) is 0 Å². The minimum atomic E-state index is -4.03. The van der Waals surface area contributed by atoms with Crippen molar-refractivity contribution >= 4 is 44.3 Å². The Morgan fingerprint density at radius 2 is 1.43 bits per heavy atom. The molecule has 176 valence electrons. The van der Waals surface area contributed by atoms with Crippen molar-refractivity contribution in [2.75, 3.05) is 11.6 Å². The number of benzene rings is 4. The van der Waals surface area contributed by atoms with E-state index >= 15 is 0 Å². The van der Waals surface area contributed by atoms with Crippen molar-refractivity contribution in [3.63, 3.8) is 0 Å². The molecule has 9 heteroatoms. The lowest BCUT2D eigenvalue weighted by Gasteiger charge is -2.15. The summed E-state index contributed by atoms with van der Waals surface area (Å²) in [6, 6.07) is 23.8. The number of amides is 1. The average Bonchev–Trinajstić information content (AvgIpc) is 2.82. The number of amidine groups is 1. The Bertz CT molecular complexity index is 1580. The number of rotatable bonds is 6. The Balaban J connectivity index is 1.83. The van der Waals surface area contributed by atoms with Crippen LogP contribution in [-0.4, -0.2) is 32.4 Å². The molecule has 4 N–H and O–H groups in total. The summed E-state index contributed by atoms with van der Waals surface area (Å²) in [5, 5.41) is 12.0. The van der Waals surface area contributed by atoms with Crippen molar-refractivity contribution in [3.05, 3.63) is 102 Å². The van der Waals surface area contributed by atoms with E-state index in [1.165, 1.54) is 6.07 Å². The fourth-order valence-corrected chi connectivity index (χ4v) is 4.03. The monoisotopic (exact) mass is 487 g/mol. The Hall–Kier alpha value is -4.50. The molecule has 4 aromatic carbocycles. The summed E-state index contributed by atoms with van der Waals surface area (Å²) in [5.41, 5.74) is 7.57. The number of hydrogen-bond donors (Lipinski definition) is 3. The molecule has 8 nitrogen and oxygen atoms in total. The Morgan fingerprint density at radius 1 is 0.829 bits per heavy atom. The molecule has 35 heavy (non-hydrogen) atoms. The van der Waals surface area contributed by atoms with Gasteiger partial charge in [0.05, 0.1) is 11.8 Å². The number of carbonyl (C=O) groups excluding carboxylic acids is 2. The van der Waals surface area contributed by atoms with Crippen LogP contribution in [0.2, 0.25) is 0 Å². The first kappa shape index (κ1) is 23.7. The molecule has 0 aromatic heterocycles. The molecule has 0 radical (unpaired) electrons. The minimum absolute atomic E-state index is 0.00747. The molecule has 0 saturated carbocycles. The van der Waals surface area contributed by atoms with Gasteiger partial charge in [0, 0.05) is 16.8 Å². The predicted octanol–water partition coefficient (Wildman–Crippen LogP) is 4.16. The van der Waals surface area contributed by atoms with Gasteiger partial charge in [0.2, 0.25) is 0 Å². The highest BCUT2D eigenvalue weighted by Crippen LogP contribution is 2.32. The second-order valence-electron chi connectivity index (χ2n) is 7.81. The smallest absolute Gasteiger partial charge is 0.354 e. The molecule has 0 unspecified atom stereocenters. The fraction of sp³-hybridized carbons (Fsp3) is 0.0385. The van der Waals surface area contributed by atoms with E-state index in [1.807, 2.05) is 24.3 Å². The van der Waals surface area contributed by atoms with Crippen molar-refractivity contribution in [3.8, 4) is 11.1 Å². The highest BCUT2D eigenvalue weighted by molar-refractivity contribution is 7.86. The molecule has 0 bridgehead atoms. The number of hydrogen-bond acceptors (Lipinski definition) is 6. The second kappa shape index (κ2) is 9.40. The van der Waals surface area contributed by atoms with Gasteiger partial charge in [0.25, 0.3) is 5.91 Å². The van der Waals surface area contributed by atoms with Gasteiger partial charge >= 0.3 is 16.1 Å².